The molecule has 0 unspecified atom stereocenters. The number of rotatable bonds is 5. The summed E-state index contributed by atoms with van der Waals surface area (Å²) in [4.78, 5) is 33.3. The van der Waals surface area contributed by atoms with Gasteiger partial charge in [0.25, 0.3) is 5.91 Å². The van der Waals surface area contributed by atoms with Crippen LogP contribution >= 0.6 is 11.6 Å². The number of nitrogens with one attached hydrogen (secondary N) is 1. The van der Waals surface area contributed by atoms with Gasteiger partial charge in [0.1, 0.15) is 11.3 Å². The van der Waals surface area contributed by atoms with Gasteiger partial charge in [-0.05, 0) is 53.4 Å². The molecule has 0 atom stereocenters. The maximum absolute atomic E-state index is 13.7. The molecule has 38 heavy (non-hydrogen) atoms. The second-order valence-corrected chi connectivity index (χ2v) is 9.62. The maximum atomic E-state index is 13.7. The summed E-state index contributed by atoms with van der Waals surface area (Å²) < 4.78 is 7.28. The molecule has 1 fully saturated rings. The SMILES string of the molecule is Cn1cc(C(=O)NCc2ccc(Cl)cc2)c(=O)c2cc(CN3CCOCC3)cc(C#Cc3ccccn3)c21. The van der Waals surface area contributed by atoms with Crippen LogP contribution in [0, 0.1) is 11.8 Å². The lowest BCUT2D eigenvalue weighted by atomic mass is 10.0. The summed E-state index contributed by atoms with van der Waals surface area (Å²) in [7, 11) is 1.82. The normalized spacial score (nSPS) is 13.6. The number of amides is 1. The van der Waals surface area contributed by atoms with Crippen molar-refractivity contribution < 1.29 is 9.53 Å². The molecule has 0 spiro atoms. The van der Waals surface area contributed by atoms with Gasteiger partial charge in [-0.1, -0.05) is 35.7 Å². The highest BCUT2D eigenvalue weighted by molar-refractivity contribution is 6.30. The van der Waals surface area contributed by atoms with Crippen LogP contribution in [0.3, 0.4) is 0 Å². The van der Waals surface area contributed by atoms with E-state index in [-0.39, 0.29) is 17.5 Å². The summed E-state index contributed by atoms with van der Waals surface area (Å²) >= 11 is 5.95. The largest absolute Gasteiger partial charge is 0.379 e. The first-order chi connectivity index (χ1) is 18.5. The fourth-order valence-corrected chi connectivity index (χ4v) is 4.65. The van der Waals surface area contributed by atoms with E-state index < -0.39 is 5.91 Å². The van der Waals surface area contributed by atoms with Gasteiger partial charge in [0, 0.05) is 61.6 Å². The Morgan fingerprint density at radius 1 is 1.08 bits per heavy atom. The number of nitrogens with zero attached hydrogens (tertiary/aromatic N) is 3. The quantitative estimate of drug-likeness (QED) is 0.401. The number of aryl methyl sites for hydroxylation is 1. The van der Waals surface area contributed by atoms with Gasteiger partial charge in [-0.25, -0.2) is 4.98 Å². The molecule has 8 heteroatoms. The fraction of sp³-hybridized carbons (Fsp3) is 0.233. The predicted molar refractivity (Wildman–Crippen MR) is 148 cm³/mol. The minimum atomic E-state index is -0.429. The van der Waals surface area contributed by atoms with Crippen molar-refractivity contribution in [3.63, 3.8) is 0 Å². The van der Waals surface area contributed by atoms with Crippen LogP contribution in [0.1, 0.15) is 32.7 Å². The topological polar surface area (TPSA) is 76.5 Å². The molecule has 0 radical (unpaired) electrons. The Morgan fingerprint density at radius 2 is 1.87 bits per heavy atom. The maximum Gasteiger partial charge on any atom is 0.257 e. The van der Waals surface area contributed by atoms with Crippen LogP contribution in [0.4, 0.5) is 0 Å². The van der Waals surface area contributed by atoms with Crippen molar-refractivity contribution in [1.29, 1.82) is 0 Å². The number of carbonyl (C=O) groups excluding carboxylic acids is 1. The van der Waals surface area contributed by atoms with Gasteiger partial charge in [-0.3, -0.25) is 14.5 Å². The number of benzene rings is 2. The molecule has 192 valence electrons. The zero-order chi connectivity index (χ0) is 26.5. The molecule has 0 aliphatic carbocycles. The van der Waals surface area contributed by atoms with Crippen LogP contribution in [0.25, 0.3) is 10.9 Å². The number of aromatic nitrogens is 2. The van der Waals surface area contributed by atoms with Crippen LogP contribution in [0.5, 0.6) is 0 Å². The van der Waals surface area contributed by atoms with Crippen LogP contribution in [0.15, 0.2) is 71.8 Å². The predicted octanol–water partition coefficient (Wildman–Crippen LogP) is 3.75. The molecule has 3 heterocycles. The van der Waals surface area contributed by atoms with E-state index in [1.807, 2.05) is 49.5 Å². The highest BCUT2D eigenvalue weighted by Gasteiger charge is 2.18. The highest BCUT2D eigenvalue weighted by atomic mass is 35.5. The molecule has 1 aliphatic rings. The summed E-state index contributed by atoms with van der Waals surface area (Å²) in [5.41, 5.74) is 3.64. The van der Waals surface area contributed by atoms with Gasteiger partial charge in [-0.2, -0.15) is 0 Å². The fourth-order valence-electron chi connectivity index (χ4n) is 4.52. The number of morpholine rings is 1. The third-order valence-corrected chi connectivity index (χ3v) is 6.70. The van der Waals surface area contributed by atoms with Gasteiger partial charge in [0.15, 0.2) is 0 Å². The monoisotopic (exact) mass is 526 g/mol. The number of ether oxygens (including phenoxy) is 1. The number of halogens is 1. The molecule has 1 amide bonds. The summed E-state index contributed by atoms with van der Waals surface area (Å²) in [5, 5.41) is 3.94. The minimum absolute atomic E-state index is 0.0844. The Hall–Kier alpha value is -3.96. The number of hydrogen-bond donors (Lipinski definition) is 1. The van der Waals surface area contributed by atoms with E-state index in [4.69, 9.17) is 16.3 Å². The van der Waals surface area contributed by atoms with Gasteiger partial charge in [0.2, 0.25) is 5.43 Å². The number of hydrogen-bond acceptors (Lipinski definition) is 5. The van der Waals surface area contributed by atoms with Gasteiger partial charge < -0.3 is 14.6 Å². The van der Waals surface area contributed by atoms with Crippen LogP contribution < -0.4 is 10.7 Å². The average Bonchev–Trinajstić information content (AvgIpc) is 2.94. The first-order valence-corrected chi connectivity index (χ1v) is 12.8. The molecule has 7 nitrogen and oxygen atoms in total. The molecule has 2 aromatic heterocycles. The van der Waals surface area contributed by atoms with Gasteiger partial charge in [0.05, 0.1) is 18.7 Å². The standard InChI is InChI=1S/C30H27ClN4O3/c1-34-20-27(30(37)33-18-21-5-8-24(31)9-6-21)29(36)26-17-22(19-35-12-14-38-15-13-35)16-23(28(26)34)7-10-25-4-2-3-11-32-25/h2-6,8-9,11,16-17,20H,12-15,18-19H2,1H3,(H,33,37). The van der Waals surface area contributed by atoms with E-state index in [1.165, 1.54) is 0 Å². The molecule has 0 bridgehead atoms. The molecule has 0 saturated carbocycles. The van der Waals surface area contributed by atoms with Crippen LogP contribution in [-0.2, 0) is 24.9 Å². The lowest BCUT2D eigenvalue weighted by Gasteiger charge is -2.26. The van der Waals surface area contributed by atoms with Gasteiger partial charge >= 0.3 is 0 Å². The highest BCUT2D eigenvalue weighted by Crippen LogP contribution is 2.21. The Balaban J connectivity index is 1.54. The Labute approximate surface area is 226 Å². The van der Waals surface area contributed by atoms with E-state index in [0.29, 0.717) is 46.9 Å². The van der Waals surface area contributed by atoms with Gasteiger partial charge in [-0.15, -0.1) is 0 Å². The molecule has 1 N–H and O–H groups in total. The Kier molecular flexibility index (Phi) is 7.85. The van der Waals surface area contributed by atoms with Crippen molar-refractivity contribution >= 4 is 28.4 Å². The van der Waals surface area contributed by atoms with Crippen LogP contribution in [0.2, 0.25) is 5.02 Å². The first kappa shape index (κ1) is 25.7. The Morgan fingerprint density at radius 3 is 2.61 bits per heavy atom. The molecule has 2 aromatic carbocycles. The molecule has 1 aliphatic heterocycles. The van der Waals surface area contributed by atoms with Crippen molar-refractivity contribution in [2.75, 3.05) is 26.3 Å². The summed E-state index contributed by atoms with van der Waals surface area (Å²) in [6.45, 7) is 3.94. The molecular formula is C30H27ClN4O3. The smallest absolute Gasteiger partial charge is 0.257 e. The zero-order valence-electron chi connectivity index (χ0n) is 21.0. The lowest BCUT2D eigenvalue weighted by molar-refractivity contribution is 0.0342. The Bertz CT molecular complexity index is 1580. The first-order valence-electron chi connectivity index (χ1n) is 12.4. The number of carbonyl (C=O) groups is 1. The third-order valence-electron chi connectivity index (χ3n) is 6.45. The van der Waals surface area contributed by atoms with Crippen molar-refractivity contribution in [2.45, 2.75) is 13.1 Å². The van der Waals surface area contributed by atoms with E-state index in [2.05, 4.69) is 27.0 Å². The van der Waals surface area contributed by atoms with Crippen molar-refractivity contribution in [3.05, 3.63) is 110 Å². The summed E-state index contributed by atoms with van der Waals surface area (Å²) in [5.74, 6) is 5.91. The molecular weight excluding hydrogens is 500 g/mol. The number of fused-ring (bicyclic) bond motifs is 1. The molecule has 1 saturated heterocycles. The van der Waals surface area contributed by atoms with E-state index in [0.717, 1.165) is 24.2 Å². The summed E-state index contributed by atoms with van der Waals surface area (Å²) in [6.07, 6.45) is 3.27. The lowest BCUT2D eigenvalue weighted by Crippen LogP contribution is -2.35. The van der Waals surface area contributed by atoms with E-state index >= 15 is 0 Å². The van der Waals surface area contributed by atoms with E-state index in [1.54, 1.807) is 29.1 Å². The second-order valence-electron chi connectivity index (χ2n) is 9.18. The third kappa shape index (κ3) is 5.95. The van der Waals surface area contributed by atoms with Crippen molar-refractivity contribution in [1.82, 2.24) is 19.8 Å². The van der Waals surface area contributed by atoms with E-state index in [9.17, 15) is 9.59 Å². The van der Waals surface area contributed by atoms with Crippen molar-refractivity contribution in [3.8, 4) is 11.8 Å². The average molecular weight is 527 g/mol. The summed E-state index contributed by atoms with van der Waals surface area (Å²) in [6, 6.07) is 16.7. The second kappa shape index (κ2) is 11.6. The zero-order valence-corrected chi connectivity index (χ0v) is 21.8. The minimum Gasteiger partial charge on any atom is -0.379 e. The van der Waals surface area contributed by atoms with Crippen LogP contribution in [-0.4, -0.2) is 46.7 Å². The molecule has 5 rings (SSSR count). The number of pyridine rings is 2. The van der Waals surface area contributed by atoms with Crippen molar-refractivity contribution in [2.24, 2.45) is 7.05 Å². The molecule has 4 aromatic rings.